The molecule has 1 aliphatic rings. The van der Waals surface area contributed by atoms with Crippen LogP contribution in [0.25, 0.3) is 0 Å². The Morgan fingerprint density at radius 2 is 2.33 bits per heavy atom. The lowest BCUT2D eigenvalue weighted by Crippen LogP contribution is -2.39. The number of aliphatic hydroxyl groups is 1. The van der Waals surface area contributed by atoms with Crippen molar-refractivity contribution in [2.24, 2.45) is 11.7 Å². The number of carbonyl (C=O) groups is 1. The fourth-order valence-corrected chi connectivity index (χ4v) is 2.01. The molecule has 0 heterocycles. The van der Waals surface area contributed by atoms with E-state index in [4.69, 9.17) is 5.73 Å². The minimum absolute atomic E-state index is 0.0104. The second-order valence-electron chi connectivity index (χ2n) is 4.34. The van der Waals surface area contributed by atoms with Gasteiger partial charge in [0.2, 0.25) is 5.91 Å². The van der Waals surface area contributed by atoms with E-state index in [1.54, 1.807) is 0 Å². The van der Waals surface area contributed by atoms with Gasteiger partial charge < -0.3 is 16.2 Å². The molecule has 1 aliphatic carbocycles. The normalized spacial score (nSPS) is 27.7. The van der Waals surface area contributed by atoms with Crippen molar-refractivity contribution in [1.29, 1.82) is 0 Å². The fourth-order valence-electron chi connectivity index (χ4n) is 2.01. The van der Waals surface area contributed by atoms with Crippen LogP contribution in [0.3, 0.4) is 0 Å². The molecule has 4 heteroatoms. The quantitative estimate of drug-likeness (QED) is 0.619. The van der Waals surface area contributed by atoms with Crippen LogP contribution in [0, 0.1) is 5.92 Å². The molecule has 1 fully saturated rings. The van der Waals surface area contributed by atoms with E-state index >= 15 is 0 Å². The predicted molar refractivity (Wildman–Crippen MR) is 59.2 cm³/mol. The molecule has 0 aliphatic heterocycles. The molecular formula is C11H22N2O2. The largest absolute Gasteiger partial charge is 0.393 e. The van der Waals surface area contributed by atoms with Crippen LogP contribution in [-0.4, -0.2) is 29.7 Å². The van der Waals surface area contributed by atoms with Crippen LogP contribution in [0.4, 0.5) is 0 Å². The number of amides is 1. The standard InChI is InChI=1S/C11H22N2O2/c1-2-8(14)6-7-13-11(15)9-4-3-5-10(9)12/h8-10,14H,2-7,12H2,1H3,(H,13,15). The van der Waals surface area contributed by atoms with Crippen molar-refractivity contribution in [3.63, 3.8) is 0 Å². The first-order valence-electron chi connectivity index (χ1n) is 5.86. The van der Waals surface area contributed by atoms with E-state index in [1.165, 1.54) is 0 Å². The summed E-state index contributed by atoms with van der Waals surface area (Å²) in [6, 6.07) is 0.0288. The second kappa shape index (κ2) is 6.08. The summed E-state index contributed by atoms with van der Waals surface area (Å²) < 4.78 is 0. The van der Waals surface area contributed by atoms with Crippen LogP contribution >= 0.6 is 0 Å². The van der Waals surface area contributed by atoms with Gasteiger partial charge in [0.1, 0.15) is 0 Å². The van der Waals surface area contributed by atoms with Gasteiger partial charge in [0.15, 0.2) is 0 Å². The van der Waals surface area contributed by atoms with Gasteiger partial charge in [-0.25, -0.2) is 0 Å². The number of nitrogens with two attached hydrogens (primary N) is 1. The van der Waals surface area contributed by atoms with E-state index in [2.05, 4.69) is 5.32 Å². The molecule has 0 saturated heterocycles. The summed E-state index contributed by atoms with van der Waals surface area (Å²) in [6.45, 7) is 2.48. The smallest absolute Gasteiger partial charge is 0.224 e. The average molecular weight is 214 g/mol. The van der Waals surface area contributed by atoms with Gasteiger partial charge in [-0.3, -0.25) is 4.79 Å². The molecule has 1 amide bonds. The van der Waals surface area contributed by atoms with E-state index in [-0.39, 0.29) is 24.0 Å². The van der Waals surface area contributed by atoms with Crippen molar-refractivity contribution in [2.75, 3.05) is 6.54 Å². The third kappa shape index (κ3) is 3.80. The highest BCUT2D eigenvalue weighted by atomic mass is 16.3. The van der Waals surface area contributed by atoms with Crippen LogP contribution in [-0.2, 0) is 4.79 Å². The number of hydrogen-bond donors (Lipinski definition) is 3. The predicted octanol–water partition coefficient (Wildman–Crippen LogP) is 0.391. The van der Waals surface area contributed by atoms with Gasteiger partial charge in [0.05, 0.1) is 12.0 Å². The summed E-state index contributed by atoms with van der Waals surface area (Å²) in [6.07, 6.45) is 3.97. The van der Waals surface area contributed by atoms with Gasteiger partial charge in [0, 0.05) is 12.6 Å². The van der Waals surface area contributed by atoms with Crippen molar-refractivity contribution >= 4 is 5.91 Å². The molecule has 0 aromatic carbocycles. The summed E-state index contributed by atoms with van der Waals surface area (Å²) in [5.74, 6) is 0.0482. The number of hydrogen-bond acceptors (Lipinski definition) is 3. The Kier molecular flexibility index (Phi) is 5.05. The lowest BCUT2D eigenvalue weighted by molar-refractivity contribution is -0.125. The van der Waals surface area contributed by atoms with Crippen molar-refractivity contribution in [3.8, 4) is 0 Å². The van der Waals surface area contributed by atoms with E-state index in [1.807, 2.05) is 6.92 Å². The Balaban J connectivity index is 2.18. The summed E-state index contributed by atoms with van der Waals surface area (Å²) in [7, 11) is 0. The molecule has 0 aromatic heterocycles. The van der Waals surface area contributed by atoms with E-state index < -0.39 is 0 Å². The highest BCUT2D eigenvalue weighted by Gasteiger charge is 2.29. The Morgan fingerprint density at radius 3 is 2.87 bits per heavy atom. The van der Waals surface area contributed by atoms with Gasteiger partial charge in [-0.2, -0.15) is 0 Å². The molecule has 4 N–H and O–H groups in total. The second-order valence-corrected chi connectivity index (χ2v) is 4.34. The van der Waals surface area contributed by atoms with Crippen LogP contribution in [0.15, 0.2) is 0 Å². The Hall–Kier alpha value is -0.610. The SMILES string of the molecule is CCC(O)CCNC(=O)C1CCCC1N. The van der Waals surface area contributed by atoms with Crippen LogP contribution in [0.5, 0.6) is 0 Å². The molecule has 4 nitrogen and oxygen atoms in total. The van der Waals surface area contributed by atoms with Crippen molar-refractivity contribution < 1.29 is 9.90 Å². The van der Waals surface area contributed by atoms with Gasteiger partial charge >= 0.3 is 0 Å². The summed E-state index contributed by atoms with van der Waals surface area (Å²) in [5.41, 5.74) is 5.83. The van der Waals surface area contributed by atoms with E-state index in [0.29, 0.717) is 13.0 Å². The summed E-state index contributed by atoms with van der Waals surface area (Å²) >= 11 is 0. The molecule has 15 heavy (non-hydrogen) atoms. The Labute approximate surface area is 91.2 Å². The zero-order valence-electron chi connectivity index (χ0n) is 9.41. The lowest BCUT2D eigenvalue weighted by atomic mass is 10.0. The molecule has 3 unspecified atom stereocenters. The van der Waals surface area contributed by atoms with E-state index in [0.717, 1.165) is 25.7 Å². The van der Waals surface area contributed by atoms with Crippen molar-refractivity contribution in [3.05, 3.63) is 0 Å². The average Bonchev–Trinajstić information content (AvgIpc) is 2.64. The maximum Gasteiger partial charge on any atom is 0.224 e. The van der Waals surface area contributed by atoms with E-state index in [9.17, 15) is 9.90 Å². The van der Waals surface area contributed by atoms with Gasteiger partial charge in [-0.1, -0.05) is 13.3 Å². The minimum Gasteiger partial charge on any atom is -0.393 e. The van der Waals surface area contributed by atoms with Gasteiger partial charge in [-0.15, -0.1) is 0 Å². The summed E-state index contributed by atoms with van der Waals surface area (Å²) in [4.78, 5) is 11.7. The molecule has 1 saturated carbocycles. The fraction of sp³-hybridized carbons (Fsp3) is 0.909. The Morgan fingerprint density at radius 1 is 1.60 bits per heavy atom. The highest BCUT2D eigenvalue weighted by Crippen LogP contribution is 2.23. The molecule has 0 spiro atoms. The zero-order chi connectivity index (χ0) is 11.3. The maximum absolute atomic E-state index is 11.7. The molecule has 0 radical (unpaired) electrons. The van der Waals surface area contributed by atoms with Gasteiger partial charge in [-0.05, 0) is 25.7 Å². The summed E-state index contributed by atoms with van der Waals surface area (Å²) in [5, 5.41) is 12.2. The first-order valence-corrected chi connectivity index (χ1v) is 5.86. The number of carbonyl (C=O) groups excluding carboxylic acids is 1. The first-order chi connectivity index (χ1) is 7.15. The molecule has 1 rings (SSSR count). The van der Waals surface area contributed by atoms with Crippen LogP contribution in [0.2, 0.25) is 0 Å². The maximum atomic E-state index is 11.7. The molecule has 88 valence electrons. The number of nitrogens with one attached hydrogen (secondary N) is 1. The van der Waals surface area contributed by atoms with Crippen LogP contribution in [0.1, 0.15) is 39.0 Å². The Bertz CT molecular complexity index is 209. The highest BCUT2D eigenvalue weighted by molar-refractivity contribution is 5.79. The number of aliphatic hydroxyl groups excluding tert-OH is 1. The topological polar surface area (TPSA) is 75.3 Å². The van der Waals surface area contributed by atoms with Crippen molar-refractivity contribution in [1.82, 2.24) is 5.32 Å². The first kappa shape index (κ1) is 12.5. The molecule has 3 atom stereocenters. The third-order valence-electron chi connectivity index (χ3n) is 3.15. The van der Waals surface area contributed by atoms with Crippen LogP contribution < -0.4 is 11.1 Å². The molecule has 0 bridgehead atoms. The zero-order valence-corrected chi connectivity index (χ0v) is 9.41. The van der Waals surface area contributed by atoms with Gasteiger partial charge in [0.25, 0.3) is 0 Å². The lowest BCUT2D eigenvalue weighted by Gasteiger charge is -2.15. The molecular weight excluding hydrogens is 192 g/mol. The monoisotopic (exact) mass is 214 g/mol. The minimum atomic E-state index is -0.303. The third-order valence-corrected chi connectivity index (χ3v) is 3.15. The molecule has 0 aromatic rings. The number of rotatable bonds is 5. The van der Waals surface area contributed by atoms with Crippen molar-refractivity contribution in [2.45, 2.75) is 51.2 Å².